The van der Waals surface area contributed by atoms with E-state index in [4.69, 9.17) is 4.57 Å². The maximum atomic E-state index is 10.3. The molecule has 0 aromatic rings. The molecule has 0 saturated carbocycles. The molecule has 0 aromatic carbocycles. The highest BCUT2D eigenvalue weighted by Crippen LogP contribution is 2.54. The van der Waals surface area contributed by atoms with Crippen molar-refractivity contribution < 1.29 is 13.0 Å². The van der Waals surface area contributed by atoms with Crippen LogP contribution in [-0.4, -0.2) is 0 Å². The lowest BCUT2D eigenvalue weighted by Gasteiger charge is -1.70. The quantitative estimate of drug-likeness (QED) is 0.448. The largest absolute Gasteiger partial charge is 0.498 e. The first-order valence-corrected chi connectivity index (χ1v) is 3.08. The maximum Gasteiger partial charge on any atom is 0.498 e. The van der Waals surface area contributed by atoms with E-state index in [2.05, 4.69) is 11.2 Å². The van der Waals surface area contributed by atoms with E-state index in [0.717, 1.165) is 0 Å². The summed E-state index contributed by atoms with van der Waals surface area (Å²) < 4.78 is 29.3. The molecule has 0 spiro atoms. The molecule has 5 heteroatoms. The number of hydrogen-bond acceptors (Lipinski definition) is 1. The Balaban J connectivity index is 3.47. The molecule has 0 heterocycles. The van der Waals surface area contributed by atoms with Crippen molar-refractivity contribution in [3.05, 3.63) is 0 Å². The number of halogens is 3. The first-order valence-electron chi connectivity index (χ1n) is 0.690. The van der Waals surface area contributed by atoms with E-state index in [1.54, 1.807) is 0 Å². The van der Waals surface area contributed by atoms with Crippen molar-refractivity contribution in [3.8, 4) is 0 Å². The van der Waals surface area contributed by atoms with Gasteiger partial charge in [0.05, 0.1) is 0 Å². The van der Waals surface area contributed by atoms with Crippen LogP contribution in [0.2, 0.25) is 0 Å². The first kappa shape index (κ1) is 5.38. The molecule has 0 fully saturated rings. The second-order valence-electron chi connectivity index (χ2n) is 0.399. The topological polar surface area (TPSA) is 17.1 Å². The second-order valence-corrected chi connectivity index (χ2v) is 2.38. The van der Waals surface area contributed by atoms with E-state index < -0.39 is 7.12 Å². The highest BCUT2D eigenvalue weighted by atomic mass is 35.7. The molecule has 0 N–H and O–H groups in total. The van der Waals surface area contributed by atoms with E-state index in [1.807, 2.05) is 0 Å². The van der Waals surface area contributed by atoms with Crippen LogP contribution in [0.4, 0.5) is 8.39 Å². The van der Waals surface area contributed by atoms with Crippen molar-refractivity contribution in [1.82, 2.24) is 0 Å². The summed E-state index contributed by atoms with van der Waals surface area (Å²) in [4.78, 5) is 0. The van der Waals surface area contributed by atoms with Crippen molar-refractivity contribution >= 4 is 18.4 Å². The van der Waals surface area contributed by atoms with Gasteiger partial charge >= 0.3 is 7.12 Å². The molecule has 0 aliphatic rings. The minimum absolute atomic E-state index is 3.75. The Labute approximate surface area is 32.3 Å². The van der Waals surface area contributed by atoms with Crippen LogP contribution in [-0.2, 0) is 4.57 Å². The van der Waals surface area contributed by atoms with Crippen LogP contribution in [0, 0.1) is 0 Å². The van der Waals surface area contributed by atoms with Crippen LogP contribution < -0.4 is 0 Å². The van der Waals surface area contributed by atoms with Crippen molar-refractivity contribution in [2.24, 2.45) is 0 Å². The molecule has 0 amide bonds. The lowest BCUT2D eigenvalue weighted by atomic mass is 16.0. The van der Waals surface area contributed by atoms with E-state index in [0.29, 0.717) is 0 Å². The van der Waals surface area contributed by atoms with Crippen LogP contribution in [0.3, 0.4) is 0 Å². The number of hydrogen-bond donors (Lipinski definition) is 0. The standard InChI is InChI=1S/ClF2OP/c1-5(2,3)4. The summed E-state index contributed by atoms with van der Waals surface area (Å²) in [7, 11) is -5.17. The fourth-order valence-electron chi connectivity index (χ4n) is 0. The summed E-state index contributed by atoms with van der Waals surface area (Å²) in [6, 6.07) is 0. The Morgan fingerprint density at radius 3 is 1.60 bits per heavy atom. The van der Waals surface area contributed by atoms with Gasteiger partial charge in [0.2, 0.25) is 0 Å². The monoisotopic (exact) mass is 120 g/mol. The van der Waals surface area contributed by atoms with Crippen molar-refractivity contribution in [3.63, 3.8) is 0 Å². The molecule has 0 aromatic heterocycles. The Morgan fingerprint density at radius 2 is 1.60 bits per heavy atom. The molecule has 1 nitrogen and oxygen atoms in total. The molecular formula is ClF2OP. The van der Waals surface area contributed by atoms with Gasteiger partial charge in [-0.05, 0) is 0 Å². The highest BCUT2D eigenvalue weighted by Gasteiger charge is 2.09. The third-order valence-electron chi connectivity index (χ3n) is 0. The van der Waals surface area contributed by atoms with Gasteiger partial charge < -0.3 is 0 Å². The Hall–Kier alpha value is 0.380. The molecule has 32 valence electrons. The fourth-order valence-corrected chi connectivity index (χ4v) is 0. The van der Waals surface area contributed by atoms with E-state index in [-0.39, 0.29) is 0 Å². The Bertz CT molecular complexity index is 55.8. The summed E-state index contributed by atoms with van der Waals surface area (Å²) in [5.74, 6) is 0. The van der Waals surface area contributed by atoms with Crippen LogP contribution >= 0.6 is 18.4 Å². The van der Waals surface area contributed by atoms with Gasteiger partial charge in [0.25, 0.3) is 0 Å². The van der Waals surface area contributed by atoms with Gasteiger partial charge in [-0.1, -0.05) is 0 Å². The predicted molar refractivity (Wildman–Crippen MR) is 15.7 cm³/mol. The van der Waals surface area contributed by atoms with Crippen LogP contribution in [0.15, 0.2) is 0 Å². The zero-order chi connectivity index (χ0) is 4.50. The molecule has 0 bridgehead atoms. The van der Waals surface area contributed by atoms with Gasteiger partial charge in [-0.15, -0.1) is 8.39 Å². The van der Waals surface area contributed by atoms with Crippen LogP contribution in [0.1, 0.15) is 0 Å². The third kappa shape index (κ3) is 172. The minimum Gasteiger partial charge on any atom is -0.231 e. The average molecular weight is 120 g/mol. The first-order chi connectivity index (χ1) is 2.00. The lowest BCUT2D eigenvalue weighted by Crippen LogP contribution is -1.27. The normalized spacial score (nSPS) is 11.8. The van der Waals surface area contributed by atoms with Crippen molar-refractivity contribution in [1.29, 1.82) is 0 Å². The summed E-state index contributed by atoms with van der Waals surface area (Å²) in [6.45, 7) is 0. The zero-order valence-corrected chi connectivity index (χ0v) is 3.64. The minimum atomic E-state index is -5.17. The molecular weight excluding hydrogens is 120 g/mol. The zero-order valence-electron chi connectivity index (χ0n) is 1.99. The Kier molecular flexibility index (Phi) is 1.32. The third-order valence-corrected chi connectivity index (χ3v) is 0. The molecule has 0 unspecified atom stereocenters. The summed E-state index contributed by atoms with van der Waals surface area (Å²) >= 11 is 3.75. The molecule has 0 rings (SSSR count). The molecule has 0 aliphatic heterocycles. The van der Waals surface area contributed by atoms with Crippen molar-refractivity contribution in [2.45, 2.75) is 0 Å². The summed E-state index contributed by atoms with van der Waals surface area (Å²) in [5.41, 5.74) is 0. The Morgan fingerprint density at radius 1 is 1.60 bits per heavy atom. The molecule has 0 atom stereocenters. The second kappa shape index (κ2) is 1.23. The van der Waals surface area contributed by atoms with E-state index >= 15 is 0 Å². The van der Waals surface area contributed by atoms with Gasteiger partial charge in [0.15, 0.2) is 0 Å². The predicted octanol–water partition coefficient (Wildman–Crippen LogP) is 2.27. The SMILES string of the molecule is O=P(F)(F)Cl. The smallest absolute Gasteiger partial charge is 0.231 e. The van der Waals surface area contributed by atoms with Crippen LogP contribution in [0.25, 0.3) is 0 Å². The van der Waals surface area contributed by atoms with E-state index in [1.165, 1.54) is 0 Å². The van der Waals surface area contributed by atoms with Gasteiger partial charge in [0, 0.05) is 11.2 Å². The molecule has 0 aliphatic carbocycles. The highest BCUT2D eigenvalue weighted by molar-refractivity contribution is 7.80. The van der Waals surface area contributed by atoms with Gasteiger partial charge in [-0.3, -0.25) is 0 Å². The lowest BCUT2D eigenvalue weighted by molar-refractivity contribution is 0.514. The fraction of sp³-hybridized carbons (Fsp3) is 0. The van der Waals surface area contributed by atoms with Gasteiger partial charge in [0.1, 0.15) is 0 Å². The summed E-state index contributed by atoms with van der Waals surface area (Å²) in [5, 5.41) is 0. The molecule has 0 saturated heterocycles. The summed E-state index contributed by atoms with van der Waals surface area (Å²) in [6.07, 6.45) is 0. The van der Waals surface area contributed by atoms with Gasteiger partial charge in [-0.25, -0.2) is 4.57 Å². The van der Waals surface area contributed by atoms with E-state index in [9.17, 15) is 8.39 Å². The van der Waals surface area contributed by atoms with Gasteiger partial charge in [-0.2, -0.15) is 0 Å². The number of rotatable bonds is 0. The van der Waals surface area contributed by atoms with Crippen LogP contribution in [0.5, 0.6) is 0 Å². The average Bonchev–Trinajstić information content (AvgIpc) is 0.722. The molecule has 5 heavy (non-hydrogen) atoms. The van der Waals surface area contributed by atoms with Crippen molar-refractivity contribution in [2.75, 3.05) is 0 Å². The maximum absolute atomic E-state index is 10.3. The molecule has 0 radical (unpaired) electrons.